The first-order chi connectivity index (χ1) is 10.6. The maximum Gasteiger partial charge on any atom is 0.251 e. The Labute approximate surface area is 134 Å². The first-order valence-electron chi connectivity index (χ1n) is 7.17. The highest BCUT2D eigenvalue weighted by molar-refractivity contribution is 7.09. The van der Waals surface area contributed by atoms with Crippen molar-refractivity contribution in [3.8, 4) is 0 Å². The van der Waals surface area contributed by atoms with Gasteiger partial charge in [-0.1, -0.05) is 23.8 Å². The fraction of sp³-hybridized carbons (Fsp3) is 0.294. The number of hydrogen-bond donors (Lipinski definition) is 1. The Morgan fingerprint density at radius 2 is 2.05 bits per heavy atom. The van der Waals surface area contributed by atoms with Gasteiger partial charge in [-0.2, -0.15) is 0 Å². The molecule has 0 spiro atoms. The number of aryl methyl sites for hydroxylation is 1. The van der Waals surface area contributed by atoms with Crippen molar-refractivity contribution in [2.75, 3.05) is 13.6 Å². The Balaban J connectivity index is 1.75. The summed E-state index contributed by atoms with van der Waals surface area (Å²) in [5.41, 5.74) is 1.67. The molecule has 116 valence electrons. The van der Waals surface area contributed by atoms with Crippen LogP contribution >= 0.6 is 11.3 Å². The standard InChI is InChI=1S/C17H20N2O2S/c1-13-5-3-6-14(11-13)17(21)18-9-8-16(20)19(2)12-15-7-4-10-22-15/h3-7,10-11H,8-9,12H2,1-2H3,(H,18,21). The van der Waals surface area contributed by atoms with Gasteiger partial charge in [0.05, 0.1) is 6.54 Å². The molecule has 0 unspecified atom stereocenters. The lowest BCUT2D eigenvalue weighted by Crippen LogP contribution is -2.31. The highest BCUT2D eigenvalue weighted by atomic mass is 32.1. The van der Waals surface area contributed by atoms with Crippen molar-refractivity contribution >= 4 is 23.2 Å². The molecule has 2 rings (SSSR count). The third-order valence-corrected chi connectivity index (χ3v) is 4.16. The van der Waals surface area contributed by atoms with Crippen molar-refractivity contribution < 1.29 is 9.59 Å². The van der Waals surface area contributed by atoms with Crippen molar-refractivity contribution in [3.63, 3.8) is 0 Å². The van der Waals surface area contributed by atoms with Crippen LogP contribution in [0.25, 0.3) is 0 Å². The predicted molar refractivity (Wildman–Crippen MR) is 88.9 cm³/mol. The molecule has 1 aromatic heterocycles. The number of nitrogens with zero attached hydrogens (tertiary/aromatic N) is 1. The first-order valence-corrected chi connectivity index (χ1v) is 8.05. The Hall–Kier alpha value is -2.14. The quantitative estimate of drug-likeness (QED) is 0.891. The van der Waals surface area contributed by atoms with Crippen LogP contribution in [0.15, 0.2) is 41.8 Å². The van der Waals surface area contributed by atoms with Gasteiger partial charge in [-0.15, -0.1) is 11.3 Å². The highest BCUT2D eigenvalue weighted by Crippen LogP contribution is 2.11. The van der Waals surface area contributed by atoms with E-state index >= 15 is 0 Å². The molecule has 5 heteroatoms. The molecular weight excluding hydrogens is 296 g/mol. The minimum Gasteiger partial charge on any atom is -0.352 e. The fourth-order valence-corrected chi connectivity index (χ4v) is 2.84. The maximum absolute atomic E-state index is 12.0. The topological polar surface area (TPSA) is 49.4 Å². The first kappa shape index (κ1) is 16.2. The lowest BCUT2D eigenvalue weighted by atomic mass is 10.1. The Kier molecular flexibility index (Phi) is 5.72. The van der Waals surface area contributed by atoms with Crippen molar-refractivity contribution in [1.82, 2.24) is 10.2 Å². The molecule has 1 N–H and O–H groups in total. The molecule has 0 saturated heterocycles. The number of hydrogen-bond acceptors (Lipinski definition) is 3. The van der Waals surface area contributed by atoms with Gasteiger partial charge in [0.1, 0.15) is 0 Å². The van der Waals surface area contributed by atoms with Crippen LogP contribution in [0.2, 0.25) is 0 Å². The molecule has 0 radical (unpaired) electrons. The molecule has 0 saturated carbocycles. The van der Waals surface area contributed by atoms with E-state index in [-0.39, 0.29) is 11.8 Å². The van der Waals surface area contributed by atoms with E-state index in [1.807, 2.05) is 42.6 Å². The number of benzene rings is 1. The predicted octanol–water partition coefficient (Wildman–Crippen LogP) is 2.84. The molecule has 0 aliphatic carbocycles. The molecule has 0 aliphatic rings. The molecule has 0 fully saturated rings. The zero-order valence-corrected chi connectivity index (χ0v) is 13.7. The van der Waals surface area contributed by atoms with Crippen LogP contribution in [0.3, 0.4) is 0 Å². The molecule has 0 bridgehead atoms. The lowest BCUT2D eigenvalue weighted by Gasteiger charge is -2.16. The van der Waals surface area contributed by atoms with E-state index in [1.54, 1.807) is 29.4 Å². The number of carbonyl (C=O) groups is 2. The molecule has 22 heavy (non-hydrogen) atoms. The Morgan fingerprint density at radius 3 is 2.73 bits per heavy atom. The Morgan fingerprint density at radius 1 is 1.23 bits per heavy atom. The van der Waals surface area contributed by atoms with E-state index < -0.39 is 0 Å². The summed E-state index contributed by atoms with van der Waals surface area (Å²) in [7, 11) is 1.78. The summed E-state index contributed by atoms with van der Waals surface area (Å²) in [5, 5.41) is 4.78. The largest absolute Gasteiger partial charge is 0.352 e. The van der Waals surface area contributed by atoms with Crippen LogP contribution in [0.1, 0.15) is 27.2 Å². The second-order valence-electron chi connectivity index (χ2n) is 5.20. The summed E-state index contributed by atoms with van der Waals surface area (Å²) in [5.74, 6) is -0.115. The van der Waals surface area contributed by atoms with Crippen molar-refractivity contribution in [1.29, 1.82) is 0 Å². The minimum atomic E-state index is -0.141. The van der Waals surface area contributed by atoms with Crippen LogP contribution in [0.5, 0.6) is 0 Å². The van der Waals surface area contributed by atoms with Gasteiger partial charge in [0.2, 0.25) is 5.91 Å². The van der Waals surface area contributed by atoms with E-state index in [0.29, 0.717) is 25.1 Å². The van der Waals surface area contributed by atoms with E-state index in [1.165, 1.54) is 0 Å². The van der Waals surface area contributed by atoms with Crippen molar-refractivity contribution in [3.05, 3.63) is 57.8 Å². The van der Waals surface area contributed by atoms with E-state index in [9.17, 15) is 9.59 Å². The van der Waals surface area contributed by atoms with Gasteiger partial charge < -0.3 is 10.2 Å². The summed E-state index contributed by atoms with van der Waals surface area (Å²) in [4.78, 5) is 26.8. The SMILES string of the molecule is Cc1cccc(C(=O)NCCC(=O)N(C)Cc2cccs2)c1. The fourth-order valence-electron chi connectivity index (χ4n) is 2.09. The zero-order chi connectivity index (χ0) is 15.9. The number of amides is 2. The normalized spacial score (nSPS) is 10.3. The zero-order valence-electron chi connectivity index (χ0n) is 12.8. The third kappa shape index (κ3) is 4.70. The smallest absolute Gasteiger partial charge is 0.251 e. The van der Waals surface area contributed by atoms with Crippen molar-refractivity contribution in [2.24, 2.45) is 0 Å². The molecule has 4 nitrogen and oxygen atoms in total. The molecule has 0 aliphatic heterocycles. The number of nitrogens with one attached hydrogen (secondary N) is 1. The van der Waals surface area contributed by atoms with Crippen LogP contribution in [-0.2, 0) is 11.3 Å². The summed E-state index contributed by atoms with van der Waals surface area (Å²) >= 11 is 1.63. The second-order valence-corrected chi connectivity index (χ2v) is 6.24. The van der Waals surface area contributed by atoms with Crippen LogP contribution < -0.4 is 5.32 Å². The number of carbonyl (C=O) groups excluding carboxylic acids is 2. The van der Waals surface area contributed by atoms with Gasteiger partial charge in [0.15, 0.2) is 0 Å². The van der Waals surface area contributed by atoms with Gasteiger partial charge in [-0.3, -0.25) is 9.59 Å². The second kappa shape index (κ2) is 7.75. The van der Waals surface area contributed by atoms with Gasteiger partial charge in [0.25, 0.3) is 5.91 Å². The van der Waals surface area contributed by atoms with E-state index in [0.717, 1.165) is 10.4 Å². The van der Waals surface area contributed by atoms with Gasteiger partial charge in [-0.05, 0) is 30.5 Å². The molecule has 0 atom stereocenters. The molecule has 2 amide bonds. The minimum absolute atomic E-state index is 0.0259. The average molecular weight is 316 g/mol. The summed E-state index contributed by atoms with van der Waals surface area (Å²) in [6.45, 7) is 2.91. The summed E-state index contributed by atoms with van der Waals surface area (Å²) < 4.78 is 0. The summed E-state index contributed by atoms with van der Waals surface area (Å²) in [6, 6.07) is 11.4. The lowest BCUT2D eigenvalue weighted by molar-refractivity contribution is -0.130. The van der Waals surface area contributed by atoms with Crippen molar-refractivity contribution in [2.45, 2.75) is 19.9 Å². The number of rotatable bonds is 6. The van der Waals surface area contributed by atoms with Gasteiger partial charge in [-0.25, -0.2) is 0 Å². The molecular formula is C17H20N2O2S. The maximum atomic E-state index is 12.0. The van der Waals surface area contributed by atoms with E-state index in [4.69, 9.17) is 0 Å². The molecule has 2 aromatic rings. The van der Waals surface area contributed by atoms with Gasteiger partial charge >= 0.3 is 0 Å². The highest BCUT2D eigenvalue weighted by Gasteiger charge is 2.11. The number of thiophene rings is 1. The average Bonchev–Trinajstić information content (AvgIpc) is 2.99. The third-order valence-electron chi connectivity index (χ3n) is 3.30. The van der Waals surface area contributed by atoms with E-state index in [2.05, 4.69) is 5.32 Å². The van der Waals surface area contributed by atoms with Crippen LogP contribution in [0, 0.1) is 6.92 Å². The Bertz CT molecular complexity index is 638. The molecule has 1 heterocycles. The monoisotopic (exact) mass is 316 g/mol. The molecule has 1 aromatic carbocycles. The summed E-state index contributed by atoms with van der Waals surface area (Å²) in [6.07, 6.45) is 0.305. The van der Waals surface area contributed by atoms with Crippen LogP contribution in [0.4, 0.5) is 0 Å². The van der Waals surface area contributed by atoms with Gasteiger partial charge in [0, 0.05) is 30.5 Å². The van der Waals surface area contributed by atoms with Crippen LogP contribution in [-0.4, -0.2) is 30.3 Å².